The van der Waals surface area contributed by atoms with Crippen LogP contribution in [0.5, 0.6) is 0 Å². The molecule has 0 amide bonds. The molecule has 9 heavy (non-hydrogen) atoms. The summed E-state index contributed by atoms with van der Waals surface area (Å²) in [6, 6.07) is 0. The number of hydrogen-bond acceptors (Lipinski definition) is 5. The van der Waals surface area contributed by atoms with Crippen LogP contribution in [0.25, 0.3) is 10.4 Å². The van der Waals surface area contributed by atoms with Crippen molar-refractivity contribution < 1.29 is 0 Å². The highest BCUT2D eigenvalue weighted by atomic mass is 16.5. The SMILES string of the molecule is [N-]=[N+]=Nc1nnn([O-])n1. The predicted octanol–water partition coefficient (Wildman–Crippen LogP) is -0.0392. The van der Waals surface area contributed by atoms with Gasteiger partial charge in [0.1, 0.15) is 0 Å². The first-order valence-corrected chi connectivity index (χ1v) is 1.85. The highest BCUT2D eigenvalue weighted by molar-refractivity contribution is 5.05. The molecule has 1 rings (SSSR count). The van der Waals surface area contributed by atoms with Gasteiger partial charge in [-0.25, -0.2) is 0 Å². The van der Waals surface area contributed by atoms with Crippen molar-refractivity contribution in [2.45, 2.75) is 0 Å². The van der Waals surface area contributed by atoms with E-state index in [9.17, 15) is 5.21 Å². The first-order chi connectivity index (χ1) is 4.33. The number of azide groups is 1. The van der Waals surface area contributed by atoms with Gasteiger partial charge in [-0.05, 0) is 10.6 Å². The van der Waals surface area contributed by atoms with Gasteiger partial charge in [-0.1, -0.05) is 5.21 Å². The Bertz CT molecular complexity index is 243. The van der Waals surface area contributed by atoms with Gasteiger partial charge in [0.15, 0.2) is 0 Å². The summed E-state index contributed by atoms with van der Waals surface area (Å²) in [7, 11) is 0. The summed E-state index contributed by atoms with van der Waals surface area (Å²) in [6.45, 7) is 0. The number of rotatable bonds is 1. The van der Waals surface area contributed by atoms with Crippen molar-refractivity contribution in [3.05, 3.63) is 15.7 Å². The van der Waals surface area contributed by atoms with Crippen LogP contribution in [0.15, 0.2) is 5.11 Å². The van der Waals surface area contributed by atoms with Crippen LogP contribution in [-0.4, -0.2) is 20.4 Å². The third-order valence-electron chi connectivity index (χ3n) is 0.520. The molecule has 0 aliphatic carbocycles. The van der Waals surface area contributed by atoms with Gasteiger partial charge in [-0.15, -0.1) is 10.2 Å². The first-order valence-electron chi connectivity index (χ1n) is 1.85. The van der Waals surface area contributed by atoms with Crippen LogP contribution >= 0.6 is 0 Å². The van der Waals surface area contributed by atoms with Gasteiger partial charge in [0.05, 0.1) is 0 Å². The average molecular weight is 126 g/mol. The molecule has 0 saturated heterocycles. The quantitative estimate of drug-likeness (QED) is 0.298. The monoisotopic (exact) mass is 126 g/mol. The van der Waals surface area contributed by atoms with Gasteiger partial charge < -0.3 is 5.21 Å². The lowest BCUT2D eigenvalue weighted by molar-refractivity contribution is 0.722. The van der Waals surface area contributed by atoms with E-state index in [0.29, 0.717) is 0 Å². The Labute approximate surface area is 48.3 Å². The molecule has 1 heterocycles. The Morgan fingerprint density at radius 2 is 2.56 bits per heavy atom. The molecule has 0 unspecified atom stereocenters. The summed E-state index contributed by atoms with van der Waals surface area (Å²) in [5.41, 5.74) is 7.77. The predicted molar refractivity (Wildman–Crippen MR) is 25.4 cm³/mol. The average Bonchev–Trinajstić information content (AvgIpc) is 2.17. The summed E-state index contributed by atoms with van der Waals surface area (Å²) in [5, 5.41) is 21.9. The molecule has 0 bridgehead atoms. The largest absolute Gasteiger partial charge is 0.773 e. The molecular formula is CN7O-. The molecule has 0 radical (unpaired) electrons. The van der Waals surface area contributed by atoms with Crippen LogP contribution in [-0.2, 0) is 0 Å². The van der Waals surface area contributed by atoms with E-state index in [4.69, 9.17) is 5.53 Å². The zero-order valence-corrected chi connectivity index (χ0v) is 4.04. The van der Waals surface area contributed by atoms with Gasteiger partial charge in [0, 0.05) is 4.91 Å². The third kappa shape index (κ3) is 1.04. The molecule has 0 aliphatic heterocycles. The van der Waals surface area contributed by atoms with Crippen molar-refractivity contribution in [1.29, 1.82) is 0 Å². The summed E-state index contributed by atoms with van der Waals surface area (Å²) in [5.74, 6) is -0.271. The standard InChI is InChI=1S/CN7O/c2-6-3-1-4-7-8(9)5-1/q-1. The lowest BCUT2D eigenvalue weighted by Gasteiger charge is -1.92. The zero-order chi connectivity index (χ0) is 6.69. The van der Waals surface area contributed by atoms with E-state index < -0.39 is 0 Å². The van der Waals surface area contributed by atoms with E-state index in [1.54, 1.807) is 0 Å². The highest BCUT2D eigenvalue weighted by Crippen LogP contribution is 1.96. The van der Waals surface area contributed by atoms with Crippen molar-refractivity contribution in [3.8, 4) is 0 Å². The second kappa shape index (κ2) is 1.97. The van der Waals surface area contributed by atoms with Crippen LogP contribution in [0.3, 0.4) is 0 Å². The van der Waals surface area contributed by atoms with Crippen LogP contribution in [0, 0.1) is 5.21 Å². The summed E-state index contributed by atoms with van der Waals surface area (Å²) >= 11 is 0. The molecule has 0 fully saturated rings. The van der Waals surface area contributed by atoms with E-state index in [1.807, 2.05) is 0 Å². The highest BCUT2D eigenvalue weighted by Gasteiger charge is 1.89. The van der Waals surface area contributed by atoms with Crippen LogP contribution < -0.4 is 0 Å². The van der Waals surface area contributed by atoms with Crippen LogP contribution in [0.2, 0.25) is 0 Å². The van der Waals surface area contributed by atoms with Gasteiger partial charge in [-0.2, -0.15) is 4.96 Å². The van der Waals surface area contributed by atoms with E-state index in [0.717, 1.165) is 0 Å². The number of tetrazole rings is 1. The van der Waals surface area contributed by atoms with Crippen molar-refractivity contribution in [2.75, 3.05) is 0 Å². The van der Waals surface area contributed by atoms with Gasteiger partial charge in [-0.3, -0.25) is 0 Å². The number of nitrogens with zero attached hydrogens (tertiary/aromatic N) is 7. The Hall–Kier alpha value is -1.82. The summed E-state index contributed by atoms with van der Waals surface area (Å²) in [4.78, 5) is 2.29. The second-order valence-corrected chi connectivity index (χ2v) is 1.03. The van der Waals surface area contributed by atoms with Gasteiger partial charge >= 0.3 is 0 Å². The fourth-order valence-electron chi connectivity index (χ4n) is 0.275. The van der Waals surface area contributed by atoms with E-state index in [-0.39, 0.29) is 10.9 Å². The van der Waals surface area contributed by atoms with Crippen molar-refractivity contribution >= 4 is 5.95 Å². The lowest BCUT2D eigenvalue weighted by atomic mass is 11.1. The maximum atomic E-state index is 10.0. The Morgan fingerprint density at radius 1 is 1.78 bits per heavy atom. The molecule has 0 N–H and O–H groups in total. The number of hydrogen-bond donors (Lipinski definition) is 0. The molecule has 0 atom stereocenters. The Kier molecular flexibility index (Phi) is 1.16. The smallest absolute Gasteiger partial charge is 0.260 e. The van der Waals surface area contributed by atoms with E-state index in [1.165, 1.54) is 0 Å². The Balaban J connectivity index is 2.97. The first kappa shape index (κ1) is 5.32. The Morgan fingerprint density at radius 3 is 3.00 bits per heavy atom. The van der Waals surface area contributed by atoms with E-state index in [2.05, 4.69) is 25.4 Å². The zero-order valence-electron chi connectivity index (χ0n) is 4.04. The summed E-state index contributed by atoms with van der Waals surface area (Å²) < 4.78 is 0. The van der Waals surface area contributed by atoms with Crippen molar-refractivity contribution in [2.24, 2.45) is 5.11 Å². The lowest BCUT2D eigenvalue weighted by Crippen LogP contribution is -1.88. The number of aromatic nitrogens is 4. The molecular weight excluding hydrogens is 126 g/mol. The van der Waals surface area contributed by atoms with E-state index >= 15 is 0 Å². The third-order valence-corrected chi connectivity index (χ3v) is 0.520. The topological polar surface area (TPSA) is 115 Å². The molecule has 8 heteroatoms. The normalized spacial score (nSPS) is 8.44. The molecule has 0 aromatic carbocycles. The molecule has 46 valence electrons. The maximum Gasteiger partial charge on any atom is 0.260 e. The molecule has 1 aromatic heterocycles. The van der Waals surface area contributed by atoms with Gasteiger partial charge in [0.25, 0.3) is 5.95 Å². The molecule has 1 aromatic rings. The minimum Gasteiger partial charge on any atom is -0.773 e. The molecule has 0 spiro atoms. The van der Waals surface area contributed by atoms with Gasteiger partial charge in [0.2, 0.25) is 0 Å². The molecule has 0 aliphatic rings. The summed E-state index contributed by atoms with van der Waals surface area (Å²) in [6.07, 6.45) is 0. The van der Waals surface area contributed by atoms with Crippen LogP contribution in [0.4, 0.5) is 5.95 Å². The molecule has 8 nitrogen and oxygen atoms in total. The fourth-order valence-corrected chi connectivity index (χ4v) is 0.275. The molecule has 0 saturated carbocycles. The maximum absolute atomic E-state index is 10.0. The van der Waals surface area contributed by atoms with Crippen LogP contribution in [0.1, 0.15) is 0 Å². The minimum atomic E-state index is -0.271. The van der Waals surface area contributed by atoms with Crippen molar-refractivity contribution in [1.82, 2.24) is 20.4 Å². The second-order valence-electron chi connectivity index (χ2n) is 1.03. The van der Waals surface area contributed by atoms with Crippen molar-refractivity contribution in [3.63, 3.8) is 0 Å². The minimum absolute atomic E-state index is 0.0377. The fraction of sp³-hybridized carbons (Fsp3) is 0.